The van der Waals surface area contributed by atoms with E-state index in [-0.39, 0.29) is 0 Å². The second-order valence-corrected chi connectivity index (χ2v) is 4.39. The Balaban J connectivity index is 2.48. The maximum absolute atomic E-state index is 5.96. The molecule has 66 valence electrons. The van der Waals surface area contributed by atoms with Gasteiger partial charge in [-0.1, -0.05) is 17.7 Å². The Morgan fingerprint density at radius 3 is 2.77 bits per heavy atom. The van der Waals surface area contributed by atoms with E-state index >= 15 is 0 Å². The van der Waals surface area contributed by atoms with Crippen molar-refractivity contribution in [1.82, 2.24) is 4.98 Å². The van der Waals surface area contributed by atoms with Crippen molar-refractivity contribution in [2.45, 2.75) is 6.92 Å². The maximum Gasteiger partial charge on any atom is 0.0802 e. The van der Waals surface area contributed by atoms with E-state index in [1.54, 1.807) is 17.5 Å². The van der Waals surface area contributed by atoms with Crippen LogP contribution in [0.5, 0.6) is 0 Å². The average molecular weight is 210 g/mol. The summed E-state index contributed by atoms with van der Waals surface area (Å²) < 4.78 is 0. The van der Waals surface area contributed by atoms with Gasteiger partial charge in [0, 0.05) is 11.1 Å². The van der Waals surface area contributed by atoms with E-state index in [0.717, 1.165) is 20.5 Å². The van der Waals surface area contributed by atoms with Gasteiger partial charge in [0.1, 0.15) is 0 Å². The number of thiophene rings is 1. The highest BCUT2D eigenvalue weighted by Gasteiger charge is 2.05. The maximum atomic E-state index is 5.96. The molecule has 0 aliphatic heterocycles. The van der Waals surface area contributed by atoms with Crippen LogP contribution in [0, 0.1) is 6.92 Å². The zero-order valence-electron chi connectivity index (χ0n) is 7.12. The Bertz CT molecular complexity index is 389. The molecule has 0 fully saturated rings. The zero-order chi connectivity index (χ0) is 9.26. The molecule has 0 saturated carbocycles. The Labute approximate surface area is 86.0 Å². The second-order valence-electron chi connectivity index (χ2n) is 2.73. The molecule has 0 aliphatic carbocycles. The number of hydrogen-bond acceptors (Lipinski definition) is 2. The standard InChI is InChI=1S/C10H8ClNS/c1-7-8(11)6-10(13-7)9-4-2-3-5-12-9/h2-6H,1H3. The van der Waals surface area contributed by atoms with E-state index in [9.17, 15) is 0 Å². The molecule has 1 nitrogen and oxygen atoms in total. The topological polar surface area (TPSA) is 12.9 Å². The minimum Gasteiger partial charge on any atom is -0.255 e. The minimum atomic E-state index is 0.825. The van der Waals surface area contributed by atoms with Crippen LogP contribution in [0.3, 0.4) is 0 Å². The van der Waals surface area contributed by atoms with E-state index in [1.807, 2.05) is 31.2 Å². The predicted molar refractivity (Wildman–Crippen MR) is 57.3 cm³/mol. The van der Waals surface area contributed by atoms with Crippen molar-refractivity contribution in [1.29, 1.82) is 0 Å². The number of hydrogen-bond donors (Lipinski definition) is 0. The molecule has 0 radical (unpaired) electrons. The highest BCUT2D eigenvalue weighted by molar-refractivity contribution is 7.16. The Morgan fingerprint density at radius 1 is 1.38 bits per heavy atom. The summed E-state index contributed by atoms with van der Waals surface area (Å²) in [6, 6.07) is 7.84. The summed E-state index contributed by atoms with van der Waals surface area (Å²) in [5.74, 6) is 0. The SMILES string of the molecule is Cc1sc(-c2ccccn2)cc1Cl. The van der Waals surface area contributed by atoms with Gasteiger partial charge in [0.15, 0.2) is 0 Å². The van der Waals surface area contributed by atoms with Crippen LogP contribution in [0.2, 0.25) is 5.02 Å². The normalized spacial score (nSPS) is 10.3. The highest BCUT2D eigenvalue weighted by Crippen LogP contribution is 2.32. The third-order valence-electron chi connectivity index (χ3n) is 1.77. The number of aryl methyl sites for hydroxylation is 1. The van der Waals surface area contributed by atoms with Crippen molar-refractivity contribution in [3.8, 4) is 10.6 Å². The van der Waals surface area contributed by atoms with Gasteiger partial charge >= 0.3 is 0 Å². The summed E-state index contributed by atoms with van der Waals surface area (Å²) in [5.41, 5.74) is 0.988. The first kappa shape index (κ1) is 8.73. The fraction of sp³-hybridized carbons (Fsp3) is 0.100. The number of halogens is 1. The van der Waals surface area contributed by atoms with Crippen LogP contribution in [0.15, 0.2) is 30.5 Å². The molecule has 0 bridgehead atoms. The van der Waals surface area contributed by atoms with Crippen molar-refractivity contribution in [3.05, 3.63) is 40.4 Å². The highest BCUT2D eigenvalue weighted by atomic mass is 35.5. The van der Waals surface area contributed by atoms with Gasteiger partial charge in [-0.2, -0.15) is 0 Å². The molecule has 2 heterocycles. The zero-order valence-corrected chi connectivity index (χ0v) is 8.69. The monoisotopic (exact) mass is 209 g/mol. The fourth-order valence-corrected chi connectivity index (χ4v) is 2.27. The summed E-state index contributed by atoms with van der Waals surface area (Å²) in [6.07, 6.45) is 1.79. The largest absolute Gasteiger partial charge is 0.255 e. The molecule has 3 heteroatoms. The lowest BCUT2D eigenvalue weighted by Gasteiger charge is -1.92. The molecular formula is C10H8ClNS. The second kappa shape index (κ2) is 3.48. The third-order valence-corrected chi connectivity index (χ3v) is 3.35. The lowest BCUT2D eigenvalue weighted by atomic mass is 10.3. The average Bonchev–Trinajstić information content (AvgIpc) is 2.49. The van der Waals surface area contributed by atoms with E-state index in [0.29, 0.717) is 0 Å². The molecule has 0 aliphatic rings. The van der Waals surface area contributed by atoms with Gasteiger partial charge in [0.05, 0.1) is 15.6 Å². The first-order valence-corrected chi connectivity index (χ1v) is 5.14. The van der Waals surface area contributed by atoms with E-state index in [4.69, 9.17) is 11.6 Å². The van der Waals surface area contributed by atoms with E-state index < -0.39 is 0 Å². The third kappa shape index (κ3) is 1.74. The van der Waals surface area contributed by atoms with Crippen LogP contribution < -0.4 is 0 Å². The molecule has 0 atom stereocenters. The van der Waals surface area contributed by atoms with Gasteiger partial charge < -0.3 is 0 Å². The number of nitrogens with zero attached hydrogens (tertiary/aromatic N) is 1. The van der Waals surface area contributed by atoms with Crippen LogP contribution in [-0.4, -0.2) is 4.98 Å². The van der Waals surface area contributed by atoms with Crippen molar-refractivity contribution in [3.63, 3.8) is 0 Å². The van der Waals surface area contributed by atoms with Crippen molar-refractivity contribution < 1.29 is 0 Å². The Morgan fingerprint density at radius 2 is 2.23 bits per heavy atom. The number of pyridine rings is 1. The van der Waals surface area contributed by atoms with E-state index in [1.165, 1.54) is 0 Å². The summed E-state index contributed by atoms with van der Waals surface area (Å²) in [7, 11) is 0. The van der Waals surface area contributed by atoms with Gasteiger partial charge in [-0.25, -0.2) is 0 Å². The first-order valence-electron chi connectivity index (χ1n) is 3.95. The molecule has 2 rings (SSSR count). The molecule has 0 aromatic carbocycles. The van der Waals surface area contributed by atoms with Gasteiger partial charge in [-0.15, -0.1) is 11.3 Å². The molecule has 0 spiro atoms. The van der Waals surface area contributed by atoms with Crippen LogP contribution in [0.4, 0.5) is 0 Å². The minimum absolute atomic E-state index is 0.825. The van der Waals surface area contributed by atoms with Gasteiger partial charge in [-0.05, 0) is 25.1 Å². The molecule has 13 heavy (non-hydrogen) atoms. The summed E-state index contributed by atoms with van der Waals surface area (Å²) in [6.45, 7) is 2.01. The number of rotatable bonds is 1. The van der Waals surface area contributed by atoms with Gasteiger partial charge in [0.2, 0.25) is 0 Å². The predicted octanol–water partition coefficient (Wildman–Crippen LogP) is 3.77. The summed E-state index contributed by atoms with van der Waals surface area (Å²) >= 11 is 7.63. The fourth-order valence-electron chi connectivity index (χ4n) is 1.09. The number of aromatic nitrogens is 1. The Kier molecular flexibility index (Phi) is 2.34. The van der Waals surface area contributed by atoms with Crippen LogP contribution in [-0.2, 0) is 0 Å². The first-order chi connectivity index (χ1) is 6.27. The van der Waals surface area contributed by atoms with Crippen molar-refractivity contribution >= 4 is 22.9 Å². The molecule has 0 N–H and O–H groups in total. The molecule has 0 unspecified atom stereocenters. The van der Waals surface area contributed by atoms with E-state index in [2.05, 4.69) is 4.98 Å². The van der Waals surface area contributed by atoms with Crippen molar-refractivity contribution in [2.24, 2.45) is 0 Å². The lowest BCUT2D eigenvalue weighted by Crippen LogP contribution is -1.75. The van der Waals surface area contributed by atoms with Crippen molar-refractivity contribution in [2.75, 3.05) is 0 Å². The summed E-state index contributed by atoms with van der Waals surface area (Å²) in [4.78, 5) is 6.52. The molecule has 2 aromatic rings. The van der Waals surface area contributed by atoms with Gasteiger partial charge in [0.25, 0.3) is 0 Å². The quantitative estimate of drug-likeness (QED) is 0.697. The van der Waals surface area contributed by atoms with Crippen LogP contribution >= 0.6 is 22.9 Å². The molecule has 2 aromatic heterocycles. The molecular weight excluding hydrogens is 202 g/mol. The smallest absolute Gasteiger partial charge is 0.0802 e. The van der Waals surface area contributed by atoms with Gasteiger partial charge in [-0.3, -0.25) is 4.98 Å². The van der Waals surface area contributed by atoms with Crippen LogP contribution in [0.1, 0.15) is 4.88 Å². The molecule has 0 amide bonds. The Hall–Kier alpha value is -0.860. The lowest BCUT2D eigenvalue weighted by molar-refractivity contribution is 1.34. The van der Waals surface area contributed by atoms with Crippen LogP contribution in [0.25, 0.3) is 10.6 Å². The molecule has 0 saturated heterocycles. The summed E-state index contributed by atoms with van der Waals surface area (Å²) in [5, 5.41) is 0.825.